The van der Waals surface area contributed by atoms with E-state index in [2.05, 4.69) is 15.3 Å². The maximum Gasteiger partial charge on any atom is 0.279 e. The number of para-hydroxylation sites is 1. The second-order valence-electron chi connectivity index (χ2n) is 5.10. The van der Waals surface area contributed by atoms with Gasteiger partial charge in [0.2, 0.25) is 5.96 Å². The first kappa shape index (κ1) is 15.8. The molecule has 0 fully saturated rings. The van der Waals surface area contributed by atoms with E-state index in [1.165, 1.54) is 4.90 Å². The molecule has 3 rings (SSSR count). The average molecular weight is 349 g/mol. The van der Waals surface area contributed by atoms with Crippen LogP contribution in [0.15, 0.2) is 41.5 Å². The van der Waals surface area contributed by atoms with Crippen LogP contribution in [0.4, 0.5) is 5.69 Å². The number of halogens is 2. The molecule has 0 atom stereocenters. The van der Waals surface area contributed by atoms with Crippen molar-refractivity contribution in [2.45, 2.75) is 6.92 Å². The maximum atomic E-state index is 12.6. The molecule has 1 aliphatic rings. The van der Waals surface area contributed by atoms with Crippen molar-refractivity contribution in [2.24, 2.45) is 4.99 Å². The van der Waals surface area contributed by atoms with Crippen LogP contribution in [0.1, 0.15) is 16.1 Å². The SMILES string of the molecule is Cc1ccc(C(=O)N2CCN=C2Nc2c(Cl)cccc2Cl)nc1. The van der Waals surface area contributed by atoms with Crippen molar-refractivity contribution in [3.05, 3.63) is 57.8 Å². The Labute approximate surface area is 144 Å². The number of hydrogen-bond acceptors (Lipinski definition) is 4. The van der Waals surface area contributed by atoms with E-state index in [1.807, 2.05) is 13.0 Å². The lowest BCUT2D eigenvalue weighted by atomic mass is 10.2. The Morgan fingerprint density at radius 1 is 1.22 bits per heavy atom. The lowest BCUT2D eigenvalue weighted by Crippen LogP contribution is -2.38. The van der Waals surface area contributed by atoms with Crippen LogP contribution < -0.4 is 5.32 Å². The zero-order valence-electron chi connectivity index (χ0n) is 12.4. The number of aliphatic imine (C=N–C) groups is 1. The fourth-order valence-electron chi connectivity index (χ4n) is 2.21. The first-order chi connectivity index (χ1) is 11.1. The molecule has 5 nitrogen and oxygen atoms in total. The summed E-state index contributed by atoms with van der Waals surface area (Å²) in [5, 5.41) is 3.98. The van der Waals surface area contributed by atoms with E-state index in [1.54, 1.807) is 30.5 Å². The number of nitrogens with one attached hydrogen (secondary N) is 1. The molecule has 0 aliphatic carbocycles. The van der Waals surface area contributed by atoms with E-state index in [0.29, 0.717) is 40.5 Å². The van der Waals surface area contributed by atoms with Crippen molar-refractivity contribution in [3.63, 3.8) is 0 Å². The highest BCUT2D eigenvalue weighted by Gasteiger charge is 2.26. The fourth-order valence-corrected chi connectivity index (χ4v) is 2.71. The average Bonchev–Trinajstić information content (AvgIpc) is 2.99. The number of anilines is 1. The van der Waals surface area contributed by atoms with Crippen LogP contribution in [0.5, 0.6) is 0 Å². The van der Waals surface area contributed by atoms with Crippen LogP contribution >= 0.6 is 23.2 Å². The van der Waals surface area contributed by atoms with E-state index in [0.717, 1.165) is 5.56 Å². The van der Waals surface area contributed by atoms with Crippen molar-refractivity contribution in [1.29, 1.82) is 0 Å². The molecule has 23 heavy (non-hydrogen) atoms. The third kappa shape index (κ3) is 3.30. The molecule has 0 bridgehead atoms. The smallest absolute Gasteiger partial charge is 0.279 e. The molecule has 0 saturated carbocycles. The highest BCUT2D eigenvalue weighted by atomic mass is 35.5. The Balaban J connectivity index is 1.83. The molecule has 2 aromatic rings. The number of guanidine groups is 1. The van der Waals surface area contributed by atoms with E-state index in [9.17, 15) is 4.79 Å². The van der Waals surface area contributed by atoms with Gasteiger partial charge < -0.3 is 5.32 Å². The van der Waals surface area contributed by atoms with E-state index in [4.69, 9.17) is 23.2 Å². The minimum absolute atomic E-state index is 0.211. The number of aromatic nitrogens is 1. The fraction of sp³-hybridized carbons (Fsp3) is 0.188. The molecule has 1 aliphatic heterocycles. The van der Waals surface area contributed by atoms with Crippen molar-refractivity contribution in [3.8, 4) is 0 Å². The zero-order valence-corrected chi connectivity index (χ0v) is 13.9. The number of carbonyl (C=O) groups excluding carboxylic acids is 1. The quantitative estimate of drug-likeness (QED) is 0.901. The van der Waals surface area contributed by atoms with Crippen molar-refractivity contribution in [2.75, 3.05) is 18.4 Å². The van der Waals surface area contributed by atoms with Crippen molar-refractivity contribution < 1.29 is 4.79 Å². The van der Waals surface area contributed by atoms with Gasteiger partial charge in [0.25, 0.3) is 5.91 Å². The van der Waals surface area contributed by atoms with Crippen molar-refractivity contribution in [1.82, 2.24) is 9.88 Å². The molecule has 1 aromatic carbocycles. The normalized spacial score (nSPS) is 13.9. The number of carbonyl (C=O) groups is 1. The van der Waals surface area contributed by atoms with Crippen molar-refractivity contribution >= 4 is 40.8 Å². The molecule has 118 valence electrons. The Bertz CT molecular complexity index is 754. The number of hydrogen-bond donors (Lipinski definition) is 1. The summed E-state index contributed by atoms with van der Waals surface area (Å²) in [4.78, 5) is 22.6. The summed E-state index contributed by atoms with van der Waals surface area (Å²) in [5.41, 5.74) is 1.90. The zero-order chi connectivity index (χ0) is 16.4. The Morgan fingerprint density at radius 2 is 1.96 bits per heavy atom. The van der Waals surface area contributed by atoms with Gasteiger partial charge in [-0.25, -0.2) is 0 Å². The minimum atomic E-state index is -0.211. The van der Waals surface area contributed by atoms with Crippen LogP contribution in [-0.2, 0) is 0 Å². The van der Waals surface area contributed by atoms with Gasteiger partial charge in [-0.05, 0) is 30.7 Å². The summed E-state index contributed by atoms with van der Waals surface area (Å²) in [5.74, 6) is 0.212. The molecule has 0 radical (unpaired) electrons. The van der Waals surface area contributed by atoms with Crippen LogP contribution in [0.3, 0.4) is 0 Å². The Kier molecular flexibility index (Phi) is 4.50. The summed E-state index contributed by atoms with van der Waals surface area (Å²) in [7, 11) is 0. The summed E-state index contributed by atoms with van der Waals surface area (Å²) >= 11 is 12.3. The third-order valence-corrected chi connectivity index (χ3v) is 4.05. The predicted octanol–water partition coefficient (Wildman–Crippen LogP) is 3.62. The van der Waals surface area contributed by atoms with Gasteiger partial charge in [-0.3, -0.25) is 19.7 Å². The second-order valence-corrected chi connectivity index (χ2v) is 5.92. The molecule has 0 spiro atoms. The Hall–Kier alpha value is -2.11. The lowest BCUT2D eigenvalue weighted by Gasteiger charge is -2.20. The molecule has 1 amide bonds. The standard InChI is InChI=1S/C16H14Cl2N4O/c1-10-5-6-13(20-9-10)15(23)22-8-7-19-16(22)21-14-11(17)3-2-4-12(14)18/h2-6,9H,7-8H2,1H3,(H,19,21). The van der Waals surface area contributed by atoms with Crippen LogP contribution in [0, 0.1) is 6.92 Å². The van der Waals surface area contributed by atoms with Gasteiger partial charge in [-0.15, -0.1) is 0 Å². The van der Waals surface area contributed by atoms with Gasteiger partial charge in [-0.1, -0.05) is 35.3 Å². The van der Waals surface area contributed by atoms with Gasteiger partial charge in [0.1, 0.15) is 5.69 Å². The molecule has 1 N–H and O–H groups in total. The number of amides is 1. The topological polar surface area (TPSA) is 57.6 Å². The highest BCUT2D eigenvalue weighted by molar-refractivity contribution is 6.39. The van der Waals surface area contributed by atoms with Gasteiger partial charge in [0.05, 0.1) is 22.3 Å². The number of aryl methyl sites for hydroxylation is 1. The van der Waals surface area contributed by atoms with E-state index < -0.39 is 0 Å². The molecule has 7 heteroatoms. The first-order valence-electron chi connectivity index (χ1n) is 7.06. The van der Waals surface area contributed by atoms with Crippen LogP contribution in [0.2, 0.25) is 10.0 Å². The predicted molar refractivity (Wildman–Crippen MR) is 92.4 cm³/mol. The summed E-state index contributed by atoms with van der Waals surface area (Å²) < 4.78 is 0. The summed E-state index contributed by atoms with van der Waals surface area (Å²) in [6.07, 6.45) is 1.67. The molecule has 1 aromatic heterocycles. The van der Waals surface area contributed by atoms with Gasteiger partial charge in [-0.2, -0.15) is 0 Å². The van der Waals surface area contributed by atoms with E-state index >= 15 is 0 Å². The molecule has 0 unspecified atom stereocenters. The van der Waals surface area contributed by atoms with Crippen LogP contribution in [0.25, 0.3) is 0 Å². The first-order valence-corrected chi connectivity index (χ1v) is 7.82. The number of pyridine rings is 1. The highest BCUT2D eigenvalue weighted by Crippen LogP contribution is 2.30. The van der Waals surface area contributed by atoms with Gasteiger partial charge >= 0.3 is 0 Å². The molecular weight excluding hydrogens is 335 g/mol. The summed E-state index contributed by atoms with van der Waals surface area (Å²) in [6, 6.07) is 8.75. The number of nitrogens with zero attached hydrogens (tertiary/aromatic N) is 3. The third-order valence-electron chi connectivity index (χ3n) is 3.42. The van der Waals surface area contributed by atoms with Gasteiger partial charge in [0, 0.05) is 12.7 Å². The van der Waals surface area contributed by atoms with E-state index in [-0.39, 0.29) is 5.91 Å². The summed E-state index contributed by atoms with van der Waals surface area (Å²) in [6.45, 7) is 2.92. The molecule has 2 heterocycles. The Morgan fingerprint density at radius 3 is 2.61 bits per heavy atom. The maximum absolute atomic E-state index is 12.6. The minimum Gasteiger partial charge on any atom is -0.323 e. The monoisotopic (exact) mass is 348 g/mol. The molecule has 0 saturated heterocycles. The second kappa shape index (κ2) is 6.56. The van der Waals surface area contributed by atoms with Gasteiger partial charge in [0.15, 0.2) is 0 Å². The molecular formula is C16H14Cl2N4O. The van der Waals surface area contributed by atoms with Crippen LogP contribution in [-0.4, -0.2) is 34.8 Å². The number of benzene rings is 1. The number of rotatable bonds is 2. The lowest BCUT2D eigenvalue weighted by molar-refractivity contribution is 0.0852. The largest absolute Gasteiger partial charge is 0.323 e.